The molecule has 0 bridgehead atoms. The molecule has 0 aromatic heterocycles. The fourth-order valence-electron chi connectivity index (χ4n) is 2.06. The van der Waals surface area contributed by atoms with E-state index < -0.39 is 0 Å². The Morgan fingerprint density at radius 3 is 2.62 bits per heavy atom. The molecule has 2 aromatic carbocycles. The van der Waals surface area contributed by atoms with E-state index in [4.69, 9.17) is 12.2 Å². The number of anilines is 1. The molecule has 0 aliphatic carbocycles. The van der Waals surface area contributed by atoms with E-state index in [1.807, 2.05) is 18.2 Å². The Balaban J connectivity index is 1.77. The molecule has 0 saturated carbocycles. The topological polar surface area (TPSA) is 24.1 Å². The summed E-state index contributed by atoms with van der Waals surface area (Å²) in [6.45, 7) is 2.09. The predicted molar refractivity (Wildman–Crippen MR) is 90.0 cm³/mol. The average molecular weight is 302 g/mol. The van der Waals surface area contributed by atoms with E-state index in [9.17, 15) is 4.39 Å². The van der Waals surface area contributed by atoms with Crippen molar-refractivity contribution in [3.8, 4) is 0 Å². The van der Waals surface area contributed by atoms with Gasteiger partial charge in [0.15, 0.2) is 5.11 Å². The molecule has 0 heterocycles. The van der Waals surface area contributed by atoms with Crippen LogP contribution >= 0.6 is 12.2 Å². The van der Waals surface area contributed by atoms with Crippen LogP contribution in [0.25, 0.3) is 0 Å². The standard InChI is InChI=1S/C17H19FN2S/c1-13(10-11-14-6-3-2-4-7-14)19-17(21)20-16-9-5-8-15(18)12-16/h2-9,12-13H,10-11H2,1H3,(H2,19,20,21)/t13-/m0/s1. The molecule has 0 unspecified atom stereocenters. The summed E-state index contributed by atoms with van der Waals surface area (Å²) >= 11 is 5.24. The Morgan fingerprint density at radius 2 is 1.90 bits per heavy atom. The maximum Gasteiger partial charge on any atom is 0.170 e. The van der Waals surface area contributed by atoms with Crippen LogP contribution in [0.3, 0.4) is 0 Å². The third kappa shape index (κ3) is 5.52. The number of benzene rings is 2. The van der Waals surface area contributed by atoms with Gasteiger partial charge in [-0.15, -0.1) is 0 Å². The van der Waals surface area contributed by atoms with Gasteiger partial charge >= 0.3 is 0 Å². The van der Waals surface area contributed by atoms with Gasteiger partial charge < -0.3 is 10.6 Å². The monoisotopic (exact) mass is 302 g/mol. The SMILES string of the molecule is C[C@@H](CCc1ccccc1)NC(=S)Nc1cccc(F)c1. The minimum absolute atomic E-state index is 0.249. The number of rotatable bonds is 5. The van der Waals surface area contributed by atoms with Crippen LogP contribution < -0.4 is 10.6 Å². The highest BCUT2D eigenvalue weighted by Gasteiger charge is 2.05. The van der Waals surface area contributed by atoms with Crippen LogP contribution in [0.5, 0.6) is 0 Å². The highest BCUT2D eigenvalue weighted by molar-refractivity contribution is 7.80. The second-order valence-electron chi connectivity index (χ2n) is 5.03. The molecular formula is C17H19FN2S. The van der Waals surface area contributed by atoms with Crippen LogP contribution in [0.4, 0.5) is 10.1 Å². The van der Waals surface area contributed by atoms with Crippen LogP contribution in [0.1, 0.15) is 18.9 Å². The Morgan fingerprint density at radius 1 is 1.14 bits per heavy atom. The summed E-state index contributed by atoms with van der Waals surface area (Å²) < 4.78 is 13.1. The third-order valence-electron chi connectivity index (χ3n) is 3.17. The van der Waals surface area contributed by atoms with Gasteiger partial charge in [0, 0.05) is 11.7 Å². The van der Waals surface area contributed by atoms with Gasteiger partial charge in [-0.3, -0.25) is 0 Å². The zero-order valence-corrected chi connectivity index (χ0v) is 12.8. The molecular weight excluding hydrogens is 283 g/mol. The average Bonchev–Trinajstić information content (AvgIpc) is 2.46. The highest BCUT2D eigenvalue weighted by atomic mass is 32.1. The number of halogens is 1. The number of hydrogen-bond donors (Lipinski definition) is 2. The summed E-state index contributed by atoms with van der Waals surface area (Å²) in [5.41, 5.74) is 1.97. The summed E-state index contributed by atoms with van der Waals surface area (Å²) in [4.78, 5) is 0. The molecule has 0 radical (unpaired) electrons. The van der Waals surface area contributed by atoms with Gasteiger partial charge in [0.05, 0.1) is 0 Å². The zero-order valence-electron chi connectivity index (χ0n) is 12.0. The smallest absolute Gasteiger partial charge is 0.170 e. The van der Waals surface area contributed by atoms with Crippen molar-refractivity contribution in [3.63, 3.8) is 0 Å². The molecule has 0 fully saturated rings. The molecule has 4 heteroatoms. The largest absolute Gasteiger partial charge is 0.360 e. The van der Waals surface area contributed by atoms with E-state index in [1.54, 1.807) is 12.1 Å². The van der Waals surface area contributed by atoms with E-state index in [2.05, 4.69) is 29.7 Å². The van der Waals surface area contributed by atoms with Gasteiger partial charge in [-0.05, 0) is 55.7 Å². The number of nitrogens with one attached hydrogen (secondary N) is 2. The first-order chi connectivity index (χ1) is 10.1. The normalized spacial score (nSPS) is 11.7. The molecule has 110 valence electrons. The summed E-state index contributed by atoms with van der Waals surface area (Å²) in [6, 6.07) is 16.9. The van der Waals surface area contributed by atoms with Crippen molar-refractivity contribution >= 4 is 23.0 Å². The number of thiocarbonyl (C=S) groups is 1. The lowest BCUT2D eigenvalue weighted by atomic mass is 10.1. The lowest BCUT2D eigenvalue weighted by Crippen LogP contribution is -2.36. The van der Waals surface area contributed by atoms with E-state index in [0.29, 0.717) is 10.8 Å². The van der Waals surface area contributed by atoms with Gasteiger partial charge in [0.2, 0.25) is 0 Å². The molecule has 0 aliphatic rings. The van der Waals surface area contributed by atoms with Crippen molar-refractivity contribution in [3.05, 3.63) is 66.0 Å². The van der Waals surface area contributed by atoms with Crippen LogP contribution in [-0.2, 0) is 6.42 Å². The van der Waals surface area contributed by atoms with E-state index >= 15 is 0 Å². The molecule has 0 spiro atoms. The zero-order chi connectivity index (χ0) is 15.1. The first kappa shape index (κ1) is 15.4. The molecule has 2 rings (SSSR count). The Bertz CT molecular complexity index is 586. The molecule has 21 heavy (non-hydrogen) atoms. The van der Waals surface area contributed by atoms with Gasteiger partial charge in [-0.1, -0.05) is 36.4 Å². The molecule has 0 amide bonds. The summed E-state index contributed by atoms with van der Waals surface area (Å²) in [6.07, 6.45) is 1.98. The van der Waals surface area contributed by atoms with E-state index in [1.165, 1.54) is 17.7 Å². The first-order valence-electron chi connectivity index (χ1n) is 7.00. The Labute approximate surface area is 130 Å². The predicted octanol–water partition coefficient (Wildman–Crippen LogP) is 4.13. The van der Waals surface area contributed by atoms with Crippen molar-refractivity contribution in [2.45, 2.75) is 25.8 Å². The fourth-order valence-corrected chi connectivity index (χ4v) is 2.38. The number of aryl methyl sites for hydroxylation is 1. The summed E-state index contributed by atoms with van der Waals surface area (Å²) in [5.74, 6) is -0.278. The van der Waals surface area contributed by atoms with Crippen LogP contribution in [0.15, 0.2) is 54.6 Å². The van der Waals surface area contributed by atoms with Crippen molar-refractivity contribution in [1.82, 2.24) is 5.32 Å². The molecule has 2 N–H and O–H groups in total. The molecule has 0 saturated heterocycles. The van der Waals surface area contributed by atoms with Gasteiger partial charge in [0.1, 0.15) is 5.82 Å². The van der Waals surface area contributed by atoms with Crippen LogP contribution in [0.2, 0.25) is 0 Å². The lowest BCUT2D eigenvalue weighted by molar-refractivity contribution is 0.609. The van der Waals surface area contributed by atoms with Crippen LogP contribution in [-0.4, -0.2) is 11.2 Å². The van der Waals surface area contributed by atoms with Crippen LogP contribution in [0, 0.1) is 5.82 Å². The maximum absolute atomic E-state index is 13.1. The molecule has 2 aromatic rings. The second kappa shape index (κ2) is 7.74. The summed E-state index contributed by atoms with van der Waals surface area (Å²) in [5, 5.41) is 6.72. The van der Waals surface area contributed by atoms with Crippen molar-refractivity contribution < 1.29 is 4.39 Å². The van der Waals surface area contributed by atoms with Crippen molar-refractivity contribution in [2.75, 3.05) is 5.32 Å². The van der Waals surface area contributed by atoms with E-state index in [0.717, 1.165) is 12.8 Å². The summed E-state index contributed by atoms with van der Waals surface area (Å²) in [7, 11) is 0. The third-order valence-corrected chi connectivity index (χ3v) is 3.39. The van der Waals surface area contributed by atoms with Crippen molar-refractivity contribution in [2.24, 2.45) is 0 Å². The Hall–Kier alpha value is -1.94. The fraction of sp³-hybridized carbons (Fsp3) is 0.235. The molecule has 0 aliphatic heterocycles. The Kier molecular flexibility index (Phi) is 5.69. The highest BCUT2D eigenvalue weighted by Crippen LogP contribution is 2.09. The molecule has 1 atom stereocenters. The molecule has 2 nitrogen and oxygen atoms in total. The van der Waals surface area contributed by atoms with Crippen molar-refractivity contribution in [1.29, 1.82) is 0 Å². The minimum Gasteiger partial charge on any atom is -0.360 e. The first-order valence-corrected chi connectivity index (χ1v) is 7.41. The lowest BCUT2D eigenvalue weighted by Gasteiger charge is -2.17. The van der Waals surface area contributed by atoms with E-state index in [-0.39, 0.29) is 11.9 Å². The maximum atomic E-state index is 13.1. The van der Waals surface area contributed by atoms with Gasteiger partial charge in [0.25, 0.3) is 0 Å². The van der Waals surface area contributed by atoms with Gasteiger partial charge in [-0.25, -0.2) is 4.39 Å². The number of hydrogen-bond acceptors (Lipinski definition) is 1. The minimum atomic E-state index is -0.278. The quantitative estimate of drug-likeness (QED) is 0.812. The van der Waals surface area contributed by atoms with Gasteiger partial charge in [-0.2, -0.15) is 0 Å². The second-order valence-corrected chi connectivity index (χ2v) is 5.44.